The lowest BCUT2D eigenvalue weighted by Crippen LogP contribution is -2.07. The van der Waals surface area contributed by atoms with E-state index in [1.807, 2.05) is 17.8 Å². The molecule has 0 aromatic rings. The molecule has 0 fully saturated rings. The Hall–Kier alpha value is -1.35. The number of halogens is 1. The molecule has 1 nitrogen and oxygen atoms in total. The molecular formula is C24H38FNS. The van der Waals surface area contributed by atoms with Gasteiger partial charge in [-0.05, 0) is 70.3 Å². The Morgan fingerprint density at radius 1 is 1.26 bits per heavy atom. The van der Waals surface area contributed by atoms with E-state index in [-0.39, 0.29) is 0 Å². The zero-order valence-electron chi connectivity index (χ0n) is 18.1. The summed E-state index contributed by atoms with van der Waals surface area (Å²) in [5, 5.41) is 0. The molecule has 0 aliphatic carbocycles. The molecule has 0 aromatic heterocycles. The van der Waals surface area contributed by atoms with Crippen LogP contribution in [0.2, 0.25) is 0 Å². The third kappa shape index (κ3) is 13.5. The summed E-state index contributed by atoms with van der Waals surface area (Å²) in [4.78, 5) is 5.32. The second-order valence-electron chi connectivity index (χ2n) is 6.87. The van der Waals surface area contributed by atoms with Crippen LogP contribution in [0.4, 0.5) is 4.39 Å². The van der Waals surface area contributed by atoms with Crippen molar-refractivity contribution >= 4 is 17.5 Å². The number of rotatable bonds is 13. The van der Waals surface area contributed by atoms with Crippen LogP contribution in [0, 0.1) is 5.92 Å². The molecule has 0 aliphatic rings. The molecule has 0 radical (unpaired) electrons. The van der Waals surface area contributed by atoms with Crippen LogP contribution in [0.15, 0.2) is 64.1 Å². The molecule has 0 bridgehead atoms. The number of hydrogen-bond donors (Lipinski definition) is 0. The second-order valence-corrected chi connectivity index (χ2v) is 8.09. The highest BCUT2D eigenvalue weighted by atomic mass is 32.2. The van der Waals surface area contributed by atoms with Crippen molar-refractivity contribution in [3.05, 3.63) is 59.1 Å². The van der Waals surface area contributed by atoms with Crippen LogP contribution in [0.5, 0.6) is 0 Å². The van der Waals surface area contributed by atoms with Gasteiger partial charge in [-0.1, -0.05) is 55.0 Å². The smallest absolute Gasteiger partial charge is 0.139 e. The van der Waals surface area contributed by atoms with Crippen LogP contribution < -0.4 is 0 Å². The fourth-order valence-electron chi connectivity index (χ4n) is 2.32. The summed E-state index contributed by atoms with van der Waals surface area (Å²) in [6.07, 6.45) is 15.6. The zero-order valence-corrected chi connectivity index (χ0v) is 18.9. The highest BCUT2D eigenvalue weighted by Crippen LogP contribution is 2.20. The van der Waals surface area contributed by atoms with Crippen molar-refractivity contribution in [2.75, 3.05) is 12.8 Å². The third-order valence-corrected chi connectivity index (χ3v) is 5.71. The molecular weight excluding hydrogens is 353 g/mol. The average molecular weight is 392 g/mol. The Bertz CT molecular complexity index is 579. The maximum atomic E-state index is 13.2. The number of alkyl halides is 1. The fraction of sp³-hybridized carbons (Fsp3) is 0.542. The van der Waals surface area contributed by atoms with Crippen LogP contribution in [-0.4, -0.2) is 24.7 Å². The summed E-state index contributed by atoms with van der Waals surface area (Å²) in [5.74, 6) is 1.61. The van der Waals surface area contributed by atoms with Crippen molar-refractivity contribution in [3.8, 4) is 0 Å². The van der Waals surface area contributed by atoms with Gasteiger partial charge in [-0.3, -0.25) is 4.99 Å². The first-order chi connectivity index (χ1) is 12.8. The van der Waals surface area contributed by atoms with E-state index in [0.29, 0.717) is 11.6 Å². The van der Waals surface area contributed by atoms with Gasteiger partial charge in [0.15, 0.2) is 0 Å². The van der Waals surface area contributed by atoms with Crippen LogP contribution in [0.25, 0.3) is 0 Å². The van der Waals surface area contributed by atoms with E-state index >= 15 is 0 Å². The summed E-state index contributed by atoms with van der Waals surface area (Å²) < 4.78 is 13.2. The number of thioether (sulfide) groups is 1. The van der Waals surface area contributed by atoms with Gasteiger partial charge in [0, 0.05) is 12.8 Å². The number of allylic oxidation sites excluding steroid dienone is 8. The Kier molecular flexibility index (Phi) is 14.9. The van der Waals surface area contributed by atoms with Gasteiger partial charge in [-0.25, -0.2) is 4.39 Å². The Morgan fingerprint density at radius 2 is 1.96 bits per heavy atom. The van der Waals surface area contributed by atoms with E-state index in [1.54, 1.807) is 13.1 Å². The van der Waals surface area contributed by atoms with Gasteiger partial charge in [0.25, 0.3) is 0 Å². The molecule has 2 atom stereocenters. The van der Waals surface area contributed by atoms with E-state index < -0.39 is 6.17 Å². The summed E-state index contributed by atoms with van der Waals surface area (Å²) >= 11 is 1.90. The Balaban J connectivity index is 4.38. The molecule has 3 heteroatoms. The molecule has 0 aromatic carbocycles. The monoisotopic (exact) mass is 391 g/mol. The van der Waals surface area contributed by atoms with Gasteiger partial charge in [-0.15, -0.1) is 11.8 Å². The standard InChI is InChI=1S/C24H38FNS/c1-8-21(5)27-18-20(4)15-17-23(9-2)16-14-19(3)12-10-11-13-24(26-7)22(6)25/h8,11,13-16,22-23H,3,9-10,12,17-18H2,1-2,4-7H3/b13-11-,16-14?,20-15+,21-8-,26-24+. The topological polar surface area (TPSA) is 12.4 Å². The van der Waals surface area contributed by atoms with Gasteiger partial charge in [0.2, 0.25) is 0 Å². The zero-order chi connectivity index (χ0) is 20.7. The van der Waals surface area contributed by atoms with Crippen LogP contribution in [-0.2, 0) is 0 Å². The van der Waals surface area contributed by atoms with Crippen molar-refractivity contribution in [1.82, 2.24) is 0 Å². The van der Waals surface area contributed by atoms with E-state index in [1.165, 1.54) is 17.4 Å². The minimum Gasteiger partial charge on any atom is -0.290 e. The van der Waals surface area contributed by atoms with Gasteiger partial charge in [0.05, 0.1) is 5.71 Å². The largest absolute Gasteiger partial charge is 0.290 e. The number of nitrogens with zero attached hydrogens (tertiary/aromatic N) is 1. The van der Waals surface area contributed by atoms with E-state index in [0.717, 1.165) is 37.0 Å². The minimum atomic E-state index is -1.02. The highest BCUT2D eigenvalue weighted by molar-refractivity contribution is 8.03. The molecule has 0 N–H and O–H groups in total. The summed E-state index contributed by atoms with van der Waals surface area (Å²) in [6, 6.07) is 0. The lowest BCUT2D eigenvalue weighted by molar-refractivity contribution is 0.455. The molecule has 152 valence electrons. The van der Waals surface area contributed by atoms with Gasteiger partial charge in [-0.2, -0.15) is 0 Å². The normalized spacial score (nSPS) is 16.3. The average Bonchev–Trinajstić information content (AvgIpc) is 2.65. The van der Waals surface area contributed by atoms with Crippen molar-refractivity contribution in [3.63, 3.8) is 0 Å². The Labute approximate surface area is 171 Å². The first kappa shape index (κ1) is 25.6. The maximum Gasteiger partial charge on any atom is 0.139 e. The summed E-state index contributed by atoms with van der Waals surface area (Å²) in [6.45, 7) is 14.3. The van der Waals surface area contributed by atoms with E-state index in [4.69, 9.17) is 0 Å². The van der Waals surface area contributed by atoms with Gasteiger partial charge >= 0.3 is 0 Å². The van der Waals surface area contributed by atoms with Crippen molar-refractivity contribution in [2.45, 2.75) is 66.5 Å². The lowest BCUT2D eigenvalue weighted by atomic mass is 9.99. The van der Waals surface area contributed by atoms with Crippen LogP contribution in [0.1, 0.15) is 60.3 Å². The molecule has 0 rings (SSSR count). The maximum absolute atomic E-state index is 13.2. The van der Waals surface area contributed by atoms with Crippen molar-refractivity contribution in [2.24, 2.45) is 10.9 Å². The molecule has 0 saturated carbocycles. The fourth-order valence-corrected chi connectivity index (χ4v) is 3.06. The summed E-state index contributed by atoms with van der Waals surface area (Å²) in [7, 11) is 1.62. The molecule has 27 heavy (non-hydrogen) atoms. The van der Waals surface area contributed by atoms with Crippen LogP contribution >= 0.6 is 11.8 Å². The number of hydrogen-bond acceptors (Lipinski definition) is 2. The molecule has 2 unspecified atom stereocenters. The highest BCUT2D eigenvalue weighted by Gasteiger charge is 2.03. The van der Waals surface area contributed by atoms with Gasteiger partial charge in [0.1, 0.15) is 6.17 Å². The number of aliphatic imine (C=N–C) groups is 1. The third-order valence-electron chi connectivity index (χ3n) is 4.42. The Morgan fingerprint density at radius 3 is 2.52 bits per heavy atom. The molecule has 0 aliphatic heterocycles. The van der Waals surface area contributed by atoms with E-state index in [9.17, 15) is 4.39 Å². The second kappa shape index (κ2) is 15.7. The molecule has 0 amide bonds. The first-order valence-corrected chi connectivity index (χ1v) is 10.9. The van der Waals surface area contributed by atoms with Crippen molar-refractivity contribution < 1.29 is 4.39 Å². The lowest BCUT2D eigenvalue weighted by Gasteiger charge is -2.09. The predicted molar refractivity (Wildman–Crippen MR) is 125 cm³/mol. The minimum absolute atomic E-state index is 0.493. The molecule has 0 saturated heterocycles. The predicted octanol–water partition coefficient (Wildman–Crippen LogP) is 7.88. The van der Waals surface area contributed by atoms with Crippen LogP contribution in [0.3, 0.4) is 0 Å². The SMILES string of the molecule is C=C(C=CC(CC)C/C=C(\C)CS/C(C)=C\C)CC/C=C\C(=N/C)C(C)F. The first-order valence-electron chi connectivity index (χ1n) is 9.88. The quantitative estimate of drug-likeness (QED) is 0.177. The van der Waals surface area contributed by atoms with Crippen molar-refractivity contribution in [1.29, 1.82) is 0 Å². The molecule has 0 heterocycles. The summed E-state index contributed by atoms with van der Waals surface area (Å²) in [5.41, 5.74) is 3.04. The molecule has 0 spiro atoms. The van der Waals surface area contributed by atoms with Gasteiger partial charge < -0.3 is 0 Å². The van der Waals surface area contributed by atoms with E-state index in [2.05, 4.69) is 63.6 Å².